The molecule has 0 amide bonds. The van der Waals surface area contributed by atoms with Crippen molar-refractivity contribution >= 4 is 38.9 Å². The van der Waals surface area contributed by atoms with Gasteiger partial charge in [0, 0.05) is 8.99 Å². The Labute approximate surface area is 176 Å². The summed E-state index contributed by atoms with van der Waals surface area (Å²) in [5, 5.41) is 2.66. The van der Waals surface area contributed by atoms with Gasteiger partial charge in [-0.15, -0.1) is 0 Å². The Kier molecular flexibility index (Phi) is 4.75. The molecule has 0 saturated heterocycles. The third-order valence-electron chi connectivity index (χ3n) is 5.93. The molecule has 0 saturated carbocycles. The van der Waals surface area contributed by atoms with Crippen molar-refractivity contribution in [2.75, 3.05) is 0 Å². The fraction of sp³-hybridized carbons (Fsp3) is 0.231. The van der Waals surface area contributed by atoms with Crippen molar-refractivity contribution in [1.29, 1.82) is 0 Å². The van der Waals surface area contributed by atoms with Crippen molar-refractivity contribution in [2.45, 2.75) is 39.5 Å². The van der Waals surface area contributed by atoms with E-state index in [4.69, 9.17) is 0 Å². The third kappa shape index (κ3) is 2.87. The van der Waals surface area contributed by atoms with E-state index in [9.17, 15) is 0 Å². The topological polar surface area (TPSA) is 0 Å². The maximum Gasteiger partial charge on any atom is 0.0209 e. The highest BCUT2D eigenvalue weighted by molar-refractivity contribution is 14.1. The average molecular weight is 464 g/mol. The van der Waals surface area contributed by atoms with Crippen LogP contribution in [0, 0.1) is 3.57 Å². The fourth-order valence-corrected chi connectivity index (χ4v) is 5.28. The summed E-state index contributed by atoms with van der Waals surface area (Å²) in [5.74, 6) is 0. The van der Waals surface area contributed by atoms with Gasteiger partial charge in [-0.25, -0.2) is 0 Å². The van der Waals surface area contributed by atoms with Crippen molar-refractivity contribution in [3.05, 3.63) is 87.0 Å². The number of allylic oxidation sites excluding steroid dienone is 4. The first-order valence-corrected chi connectivity index (χ1v) is 10.8. The van der Waals surface area contributed by atoms with Crippen LogP contribution in [-0.4, -0.2) is 0 Å². The van der Waals surface area contributed by atoms with Gasteiger partial charge in [-0.05, 0) is 86.7 Å². The van der Waals surface area contributed by atoms with E-state index in [2.05, 4.69) is 117 Å². The summed E-state index contributed by atoms with van der Waals surface area (Å²) in [7, 11) is 0. The van der Waals surface area contributed by atoms with Gasteiger partial charge >= 0.3 is 0 Å². The molecule has 136 valence electrons. The van der Waals surface area contributed by atoms with Crippen LogP contribution in [0.5, 0.6) is 0 Å². The molecule has 1 heteroatoms. The van der Waals surface area contributed by atoms with E-state index in [1.807, 2.05) is 0 Å². The molecule has 0 N–H and O–H groups in total. The van der Waals surface area contributed by atoms with Crippen molar-refractivity contribution in [2.24, 2.45) is 0 Å². The molecule has 0 aromatic heterocycles. The molecule has 0 radical (unpaired) electrons. The number of halogens is 1. The zero-order valence-electron chi connectivity index (χ0n) is 16.4. The summed E-state index contributed by atoms with van der Waals surface area (Å²) < 4.78 is 1.30. The first-order chi connectivity index (χ1) is 13.0. The van der Waals surface area contributed by atoms with Crippen molar-refractivity contribution in [3.8, 4) is 11.1 Å². The third-order valence-corrected chi connectivity index (χ3v) is 6.87. The highest BCUT2D eigenvalue weighted by Crippen LogP contribution is 2.49. The molecule has 0 nitrogen and oxygen atoms in total. The molecule has 0 atom stereocenters. The average Bonchev–Trinajstić information content (AvgIpc) is 2.88. The Balaban J connectivity index is 1.94. The van der Waals surface area contributed by atoms with Gasteiger partial charge in [-0.2, -0.15) is 0 Å². The normalized spacial score (nSPS) is 15.7. The first kappa shape index (κ1) is 18.5. The number of hydrogen-bond acceptors (Lipinski definition) is 0. The molecule has 0 unspecified atom stereocenters. The van der Waals surface area contributed by atoms with Gasteiger partial charge in [-0.3, -0.25) is 0 Å². The summed E-state index contributed by atoms with van der Waals surface area (Å²) in [4.78, 5) is 0. The lowest BCUT2D eigenvalue weighted by Crippen LogP contribution is -2.17. The van der Waals surface area contributed by atoms with Gasteiger partial charge in [-0.1, -0.05) is 81.0 Å². The minimum Gasteiger partial charge on any atom is -0.0870 e. The van der Waals surface area contributed by atoms with Crippen LogP contribution in [0.2, 0.25) is 0 Å². The van der Waals surface area contributed by atoms with Crippen LogP contribution in [0.25, 0.3) is 27.5 Å². The lowest BCUT2D eigenvalue weighted by molar-refractivity contribution is 0.617. The Morgan fingerprint density at radius 1 is 0.926 bits per heavy atom. The molecule has 4 rings (SSSR count). The Morgan fingerprint density at radius 3 is 2.33 bits per heavy atom. The largest absolute Gasteiger partial charge is 0.0870 e. The van der Waals surface area contributed by atoms with Crippen LogP contribution in [0.3, 0.4) is 0 Å². The lowest BCUT2D eigenvalue weighted by Gasteiger charge is -2.24. The van der Waals surface area contributed by atoms with Crippen LogP contribution in [0.15, 0.2) is 72.3 Å². The van der Waals surface area contributed by atoms with Gasteiger partial charge < -0.3 is 0 Å². The number of fused-ring (bicyclic) bond motifs is 2. The second-order valence-electron chi connectivity index (χ2n) is 7.77. The Bertz CT molecular complexity index is 1100. The predicted molar refractivity (Wildman–Crippen MR) is 127 cm³/mol. The van der Waals surface area contributed by atoms with Crippen molar-refractivity contribution < 1.29 is 0 Å². The van der Waals surface area contributed by atoms with Crippen LogP contribution in [0.1, 0.15) is 45.2 Å². The second-order valence-corrected chi connectivity index (χ2v) is 8.93. The van der Waals surface area contributed by atoms with Crippen LogP contribution >= 0.6 is 22.6 Å². The minimum atomic E-state index is 0.0773. The molecule has 1 aliphatic rings. The van der Waals surface area contributed by atoms with Gasteiger partial charge in [0.25, 0.3) is 0 Å². The quantitative estimate of drug-likeness (QED) is 0.343. The molecule has 0 bridgehead atoms. The van der Waals surface area contributed by atoms with Gasteiger partial charge in [0.2, 0.25) is 0 Å². The fourth-order valence-electron chi connectivity index (χ4n) is 4.63. The van der Waals surface area contributed by atoms with E-state index in [-0.39, 0.29) is 5.41 Å². The Morgan fingerprint density at radius 2 is 1.63 bits per heavy atom. The molecule has 0 aliphatic heterocycles. The SMILES string of the molecule is C/C=C\C1=C(CC)C(C)(C)c2cc(-c3ccc(I)c4ccccc34)ccc21. The molecular formula is C26H25I. The number of benzene rings is 3. The van der Waals surface area contributed by atoms with Crippen molar-refractivity contribution in [3.63, 3.8) is 0 Å². The van der Waals surface area contributed by atoms with E-state index < -0.39 is 0 Å². The summed E-state index contributed by atoms with van der Waals surface area (Å²) in [6, 6.07) is 20.3. The second kappa shape index (κ2) is 6.94. The molecule has 3 aromatic rings. The molecule has 3 aromatic carbocycles. The standard InChI is InChI=1S/C26H25I/c1-5-9-20-21-13-12-17(16-24(21)26(3,4)23(20)6-2)18-14-15-25(27)22-11-8-7-10-19(18)22/h5,7-16H,6H2,1-4H3/b9-5-. The van der Waals surface area contributed by atoms with Gasteiger partial charge in [0.05, 0.1) is 0 Å². The van der Waals surface area contributed by atoms with E-state index in [1.165, 1.54) is 42.2 Å². The number of rotatable bonds is 3. The predicted octanol–water partition coefficient (Wildman–Crippen LogP) is 8.14. The maximum absolute atomic E-state index is 2.43. The van der Waals surface area contributed by atoms with Crippen LogP contribution in [-0.2, 0) is 5.41 Å². The first-order valence-electron chi connectivity index (χ1n) is 9.68. The van der Waals surface area contributed by atoms with Gasteiger partial charge in [0.15, 0.2) is 0 Å². The molecule has 1 aliphatic carbocycles. The summed E-state index contributed by atoms with van der Waals surface area (Å²) in [6.07, 6.45) is 5.53. The monoisotopic (exact) mass is 464 g/mol. The summed E-state index contributed by atoms with van der Waals surface area (Å²) in [6.45, 7) is 9.13. The maximum atomic E-state index is 2.43. The molecule has 0 heterocycles. The number of hydrogen-bond donors (Lipinski definition) is 0. The summed E-state index contributed by atoms with van der Waals surface area (Å²) >= 11 is 2.43. The highest BCUT2D eigenvalue weighted by Gasteiger charge is 2.35. The van der Waals surface area contributed by atoms with E-state index in [0.29, 0.717) is 0 Å². The summed E-state index contributed by atoms with van der Waals surface area (Å²) in [5.41, 5.74) is 8.52. The zero-order chi connectivity index (χ0) is 19.2. The lowest BCUT2D eigenvalue weighted by atomic mass is 9.79. The molecular weight excluding hydrogens is 439 g/mol. The van der Waals surface area contributed by atoms with Gasteiger partial charge in [0.1, 0.15) is 0 Å². The molecule has 27 heavy (non-hydrogen) atoms. The van der Waals surface area contributed by atoms with Crippen LogP contribution in [0.4, 0.5) is 0 Å². The Hall–Kier alpha value is -1.87. The molecule has 0 fully saturated rings. The smallest absolute Gasteiger partial charge is 0.0209 e. The van der Waals surface area contributed by atoms with Crippen LogP contribution < -0.4 is 0 Å². The minimum absolute atomic E-state index is 0.0773. The van der Waals surface area contributed by atoms with E-state index in [0.717, 1.165) is 6.42 Å². The molecule has 0 spiro atoms. The highest BCUT2D eigenvalue weighted by atomic mass is 127. The van der Waals surface area contributed by atoms with Crippen molar-refractivity contribution in [1.82, 2.24) is 0 Å². The zero-order valence-corrected chi connectivity index (χ0v) is 18.6. The van der Waals surface area contributed by atoms with E-state index >= 15 is 0 Å². The van der Waals surface area contributed by atoms with E-state index in [1.54, 1.807) is 5.57 Å².